The fourth-order valence-electron chi connectivity index (χ4n) is 1.95. The van der Waals surface area contributed by atoms with E-state index < -0.39 is 0 Å². The number of thiocarbonyl (C=S) groups is 1. The highest BCUT2D eigenvalue weighted by molar-refractivity contribution is 9.10. The predicted octanol–water partition coefficient (Wildman–Crippen LogP) is 3.98. The van der Waals surface area contributed by atoms with Crippen LogP contribution in [-0.4, -0.2) is 9.97 Å². The maximum absolute atomic E-state index is 13.5. The normalized spacial score (nSPS) is 10.4. The van der Waals surface area contributed by atoms with E-state index in [1.165, 1.54) is 6.07 Å². The minimum absolute atomic E-state index is 0.259. The summed E-state index contributed by atoms with van der Waals surface area (Å²) in [6.45, 7) is 3.79. The number of aromatic nitrogens is 1. The van der Waals surface area contributed by atoms with Gasteiger partial charge in [0.25, 0.3) is 0 Å². The van der Waals surface area contributed by atoms with Crippen LogP contribution in [0.5, 0.6) is 0 Å². The number of pyridine rings is 1. The van der Waals surface area contributed by atoms with E-state index in [2.05, 4.69) is 26.2 Å². The van der Waals surface area contributed by atoms with Crippen LogP contribution in [0, 0.1) is 19.7 Å². The second kappa shape index (κ2) is 5.85. The molecular weight excluding hydrogens is 341 g/mol. The minimum atomic E-state index is -0.351. The molecule has 1 aromatic carbocycles. The lowest BCUT2D eigenvalue weighted by atomic mass is 10.1. The van der Waals surface area contributed by atoms with Gasteiger partial charge in [0.15, 0.2) is 0 Å². The summed E-state index contributed by atoms with van der Waals surface area (Å²) in [7, 11) is 0. The van der Waals surface area contributed by atoms with Crippen LogP contribution in [0.25, 0.3) is 0 Å². The molecule has 0 amide bonds. The Morgan fingerprint density at radius 1 is 1.35 bits per heavy atom. The number of nitrogens with two attached hydrogens (primary N) is 1. The monoisotopic (exact) mass is 353 g/mol. The molecule has 6 heteroatoms. The Labute approximate surface area is 130 Å². The zero-order valence-corrected chi connectivity index (χ0v) is 13.4. The summed E-state index contributed by atoms with van der Waals surface area (Å²) in [5, 5.41) is 3.06. The van der Waals surface area contributed by atoms with Crippen molar-refractivity contribution < 1.29 is 4.39 Å². The highest BCUT2D eigenvalue weighted by Crippen LogP contribution is 2.25. The molecule has 1 heterocycles. The van der Waals surface area contributed by atoms with Gasteiger partial charge in [-0.25, -0.2) is 9.37 Å². The molecule has 1 aromatic heterocycles. The van der Waals surface area contributed by atoms with Crippen LogP contribution in [-0.2, 0) is 0 Å². The topological polar surface area (TPSA) is 50.9 Å². The molecule has 0 bridgehead atoms. The van der Waals surface area contributed by atoms with Crippen LogP contribution in [0.2, 0.25) is 0 Å². The molecule has 0 spiro atoms. The van der Waals surface area contributed by atoms with Crippen molar-refractivity contribution in [3.63, 3.8) is 0 Å². The van der Waals surface area contributed by atoms with Gasteiger partial charge in [-0.05, 0) is 59.6 Å². The summed E-state index contributed by atoms with van der Waals surface area (Å²) in [4.78, 5) is 4.65. The fraction of sp³-hybridized carbons (Fsp3) is 0.143. The molecule has 2 aromatic rings. The fourth-order valence-corrected chi connectivity index (χ4v) is 2.45. The first kappa shape index (κ1) is 14.9. The highest BCUT2D eigenvalue weighted by Gasteiger charge is 2.12. The molecule has 0 atom stereocenters. The number of hydrogen-bond acceptors (Lipinski definition) is 3. The van der Waals surface area contributed by atoms with Gasteiger partial charge in [-0.2, -0.15) is 0 Å². The SMILES string of the molecule is Cc1cc(C)c(C(N)=S)c(Nc2ccc(Br)c(F)c2)n1. The van der Waals surface area contributed by atoms with E-state index in [0.717, 1.165) is 11.3 Å². The van der Waals surface area contributed by atoms with Crippen molar-refractivity contribution in [2.75, 3.05) is 5.32 Å². The summed E-state index contributed by atoms with van der Waals surface area (Å²) >= 11 is 8.18. The van der Waals surface area contributed by atoms with E-state index in [1.807, 2.05) is 19.9 Å². The average molecular weight is 354 g/mol. The molecule has 0 unspecified atom stereocenters. The van der Waals surface area contributed by atoms with Crippen molar-refractivity contribution in [3.05, 3.63) is 51.4 Å². The first-order valence-electron chi connectivity index (χ1n) is 5.88. The predicted molar refractivity (Wildman–Crippen MR) is 87.0 cm³/mol. The van der Waals surface area contributed by atoms with Crippen LogP contribution in [0.4, 0.5) is 15.9 Å². The van der Waals surface area contributed by atoms with Crippen molar-refractivity contribution in [1.29, 1.82) is 0 Å². The summed E-state index contributed by atoms with van der Waals surface area (Å²) in [5.41, 5.74) is 8.77. The molecule has 3 nitrogen and oxygen atoms in total. The third kappa shape index (κ3) is 3.13. The maximum Gasteiger partial charge on any atom is 0.141 e. The van der Waals surface area contributed by atoms with E-state index in [1.54, 1.807) is 12.1 Å². The number of halogens is 2. The summed E-state index contributed by atoms with van der Waals surface area (Å²) in [5.74, 6) is 0.188. The van der Waals surface area contributed by atoms with E-state index in [9.17, 15) is 4.39 Å². The molecule has 2 rings (SSSR count). The standard InChI is InChI=1S/C14H13BrFN3S/c1-7-5-8(2)18-14(12(7)13(17)20)19-9-3-4-10(15)11(16)6-9/h3-6H,1-2H3,(H2,17,20)(H,18,19). The maximum atomic E-state index is 13.5. The quantitative estimate of drug-likeness (QED) is 0.819. The third-order valence-electron chi connectivity index (χ3n) is 2.77. The van der Waals surface area contributed by atoms with Crippen molar-refractivity contribution in [3.8, 4) is 0 Å². The molecule has 0 radical (unpaired) electrons. The van der Waals surface area contributed by atoms with E-state index in [-0.39, 0.29) is 10.8 Å². The van der Waals surface area contributed by atoms with Crippen LogP contribution >= 0.6 is 28.1 Å². The zero-order chi connectivity index (χ0) is 14.9. The van der Waals surface area contributed by atoms with E-state index in [0.29, 0.717) is 21.5 Å². The van der Waals surface area contributed by atoms with E-state index in [4.69, 9.17) is 18.0 Å². The van der Waals surface area contributed by atoms with Crippen LogP contribution in [0.15, 0.2) is 28.7 Å². The number of hydrogen-bond donors (Lipinski definition) is 2. The Morgan fingerprint density at radius 3 is 2.65 bits per heavy atom. The number of nitrogens with zero attached hydrogens (tertiary/aromatic N) is 1. The van der Waals surface area contributed by atoms with Gasteiger partial charge in [0.2, 0.25) is 0 Å². The number of rotatable bonds is 3. The van der Waals surface area contributed by atoms with E-state index >= 15 is 0 Å². The second-order valence-electron chi connectivity index (χ2n) is 4.42. The van der Waals surface area contributed by atoms with Gasteiger partial charge in [0, 0.05) is 11.4 Å². The highest BCUT2D eigenvalue weighted by atomic mass is 79.9. The Bertz CT molecular complexity index is 688. The molecule has 0 aliphatic rings. The molecule has 0 aliphatic heterocycles. The minimum Gasteiger partial charge on any atom is -0.389 e. The molecule has 0 saturated carbocycles. The molecule has 20 heavy (non-hydrogen) atoms. The van der Waals surface area contributed by atoms with Gasteiger partial charge in [0.1, 0.15) is 16.6 Å². The Balaban J connectivity index is 2.47. The first-order valence-corrected chi connectivity index (χ1v) is 7.08. The zero-order valence-electron chi connectivity index (χ0n) is 11.0. The molecule has 0 saturated heterocycles. The lowest BCUT2D eigenvalue weighted by Crippen LogP contribution is -2.15. The Hall–Kier alpha value is -1.53. The van der Waals surface area contributed by atoms with Crippen LogP contribution in [0.3, 0.4) is 0 Å². The average Bonchev–Trinajstić information content (AvgIpc) is 2.32. The lowest BCUT2D eigenvalue weighted by Gasteiger charge is -2.14. The summed E-state index contributed by atoms with van der Waals surface area (Å²) < 4.78 is 14.0. The summed E-state index contributed by atoms with van der Waals surface area (Å²) in [6.07, 6.45) is 0. The van der Waals surface area contributed by atoms with Crippen molar-refractivity contribution in [2.45, 2.75) is 13.8 Å². The largest absolute Gasteiger partial charge is 0.389 e. The molecule has 104 valence electrons. The number of anilines is 2. The molecule has 0 fully saturated rings. The van der Waals surface area contributed by atoms with Gasteiger partial charge in [0.05, 0.1) is 10.0 Å². The molecular formula is C14H13BrFN3S. The third-order valence-corrected chi connectivity index (χ3v) is 3.62. The Kier molecular flexibility index (Phi) is 4.35. The molecule has 3 N–H and O–H groups in total. The van der Waals surface area contributed by atoms with Gasteiger partial charge in [-0.1, -0.05) is 12.2 Å². The number of aryl methyl sites for hydroxylation is 2. The first-order chi connectivity index (χ1) is 9.38. The molecule has 0 aliphatic carbocycles. The Morgan fingerprint density at radius 2 is 2.05 bits per heavy atom. The van der Waals surface area contributed by atoms with Gasteiger partial charge in [-0.15, -0.1) is 0 Å². The second-order valence-corrected chi connectivity index (χ2v) is 5.72. The van der Waals surface area contributed by atoms with Gasteiger partial charge >= 0.3 is 0 Å². The van der Waals surface area contributed by atoms with Gasteiger partial charge in [-0.3, -0.25) is 0 Å². The van der Waals surface area contributed by atoms with Crippen LogP contribution in [0.1, 0.15) is 16.8 Å². The smallest absolute Gasteiger partial charge is 0.141 e. The van der Waals surface area contributed by atoms with Crippen molar-refractivity contribution in [1.82, 2.24) is 4.98 Å². The van der Waals surface area contributed by atoms with Crippen molar-refractivity contribution >= 4 is 44.6 Å². The van der Waals surface area contributed by atoms with Crippen molar-refractivity contribution in [2.24, 2.45) is 5.73 Å². The lowest BCUT2D eigenvalue weighted by molar-refractivity contribution is 0.622. The summed E-state index contributed by atoms with van der Waals surface area (Å²) in [6, 6.07) is 6.66. The van der Waals surface area contributed by atoms with Crippen LogP contribution < -0.4 is 11.1 Å². The number of benzene rings is 1. The number of nitrogens with one attached hydrogen (secondary N) is 1. The van der Waals surface area contributed by atoms with Gasteiger partial charge < -0.3 is 11.1 Å².